The van der Waals surface area contributed by atoms with Gasteiger partial charge in [-0.25, -0.2) is 4.98 Å². The first-order valence-corrected chi connectivity index (χ1v) is 4.19. The molecule has 1 N–H and O–H groups in total. The molecule has 0 bridgehead atoms. The van der Waals surface area contributed by atoms with Crippen LogP contribution < -0.4 is 0 Å². The summed E-state index contributed by atoms with van der Waals surface area (Å²) in [5.74, 6) is -0.454. The zero-order valence-corrected chi connectivity index (χ0v) is 7.07. The number of halogens is 1. The minimum Gasteiger partial charge on any atom is -0.356 e. The van der Waals surface area contributed by atoms with Crippen LogP contribution in [-0.2, 0) is 0 Å². The van der Waals surface area contributed by atoms with Crippen LogP contribution in [0, 0.1) is 11.4 Å². The molecule has 1 aromatic rings. The predicted molar refractivity (Wildman–Crippen MR) is 47.0 cm³/mol. The molecule has 0 saturated carbocycles. The molecule has 1 fully saturated rings. The average molecular weight is 179 g/mol. The SMILES string of the molecule is N=CN1CCC1c1ccc(F)nc1. The monoisotopic (exact) mass is 179 g/mol. The fourth-order valence-electron chi connectivity index (χ4n) is 1.50. The van der Waals surface area contributed by atoms with Crippen LogP contribution in [0.5, 0.6) is 0 Å². The summed E-state index contributed by atoms with van der Waals surface area (Å²) < 4.78 is 12.5. The van der Waals surface area contributed by atoms with Crippen molar-refractivity contribution in [2.45, 2.75) is 12.5 Å². The summed E-state index contributed by atoms with van der Waals surface area (Å²) in [6.07, 6.45) is 3.87. The Hall–Kier alpha value is -1.45. The summed E-state index contributed by atoms with van der Waals surface area (Å²) in [7, 11) is 0. The van der Waals surface area contributed by atoms with Crippen molar-refractivity contribution in [3.8, 4) is 0 Å². The predicted octanol–water partition coefficient (Wildman–Crippen LogP) is 1.57. The molecule has 68 valence electrons. The van der Waals surface area contributed by atoms with Crippen LogP contribution in [0.4, 0.5) is 4.39 Å². The van der Waals surface area contributed by atoms with E-state index < -0.39 is 5.95 Å². The number of pyridine rings is 1. The average Bonchev–Trinajstić information content (AvgIpc) is 2.08. The summed E-state index contributed by atoms with van der Waals surface area (Å²) in [6.45, 7) is 0.908. The first kappa shape index (κ1) is 8.16. The Morgan fingerprint density at radius 3 is 2.92 bits per heavy atom. The molecule has 13 heavy (non-hydrogen) atoms. The highest BCUT2D eigenvalue weighted by Crippen LogP contribution is 2.30. The van der Waals surface area contributed by atoms with Gasteiger partial charge in [-0.1, -0.05) is 6.07 Å². The van der Waals surface area contributed by atoms with Crippen molar-refractivity contribution in [2.24, 2.45) is 0 Å². The van der Waals surface area contributed by atoms with Gasteiger partial charge in [-0.2, -0.15) is 4.39 Å². The van der Waals surface area contributed by atoms with Gasteiger partial charge < -0.3 is 4.90 Å². The lowest BCUT2D eigenvalue weighted by Gasteiger charge is -2.39. The normalized spacial score (nSPS) is 21.0. The largest absolute Gasteiger partial charge is 0.356 e. The third-order valence-electron chi connectivity index (χ3n) is 2.36. The van der Waals surface area contributed by atoms with E-state index >= 15 is 0 Å². The standard InChI is InChI=1S/C9H10FN3/c10-9-2-1-7(5-12-9)8-3-4-13(8)6-11/h1-2,5-6,8,11H,3-4H2. The lowest BCUT2D eigenvalue weighted by atomic mass is 9.97. The molecule has 1 aliphatic rings. The van der Waals surface area contributed by atoms with Crippen LogP contribution >= 0.6 is 0 Å². The molecule has 4 heteroatoms. The fraction of sp³-hybridized carbons (Fsp3) is 0.333. The molecule has 1 unspecified atom stereocenters. The van der Waals surface area contributed by atoms with E-state index in [9.17, 15) is 4.39 Å². The third kappa shape index (κ3) is 1.39. The van der Waals surface area contributed by atoms with E-state index in [1.165, 1.54) is 18.6 Å². The summed E-state index contributed by atoms with van der Waals surface area (Å²) in [5, 5.41) is 7.09. The Bertz CT molecular complexity index is 309. The van der Waals surface area contributed by atoms with Gasteiger partial charge >= 0.3 is 0 Å². The van der Waals surface area contributed by atoms with Crippen LogP contribution in [0.3, 0.4) is 0 Å². The maximum absolute atomic E-state index is 12.5. The van der Waals surface area contributed by atoms with Gasteiger partial charge in [0.15, 0.2) is 0 Å². The highest BCUT2D eigenvalue weighted by molar-refractivity contribution is 5.53. The number of rotatable bonds is 2. The van der Waals surface area contributed by atoms with Gasteiger partial charge in [-0.05, 0) is 18.1 Å². The smallest absolute Gasteiger partial charge is 0.212 e. The van der Waals surface area contributed by atoms with E-state index in [-0.39, 0.29) is 6.04 Å². The molecule has 0 aromatic carbocycles. The van der Waals surface area contributed by atoms with Gasteiger partial charge in [0.05, 0.1) is 12.4 Å². The molecule has 1 saturated heterocycles. The third-order valence-corrected chi connectivity index (χ3v) is 2.36. The molecule has 0 radical (unpaired) electrons. The van der Waals surface area contributed by atoms with Crippen molar-refractivity contribution in [2.75, 3.05) is 6.54 Å². The Morgan fingerprint density at radius 1 is 1.62 bits per heavy atom. The fourth-order valence-corrected chi connectivity index (χ4v) is 1.50. The summed E-state index contributed by atoms with van der Waals surface area (Å²) in [4.78, 5) is 5.48. The van der Waals surface area contributed by atoms with Gasteiger partial charge in [0.25, 0.3) is 0 Å². The number of hydrogen-bond donors (Lipinski definition) is 1. The van der Waals surface area contributed by atoms with E-state index in [2.05, 4.69) is 4.98 Å². The van der Waals surface area contributed by atoms with Crippen molar-refractivity contribution in [1.82, 2.24) is 9.88 Å². The van der Waals surface area contributed by atoms with Crippen LogP contribution in [0.15, 0.2) is 18.3 Å². The first-order valence-electron chi connectivity index (χ1n) is 4.19. The second-order valence-corrected chi connectivity index (χ2v) is 3.09. The Balaban J connectivity index is 2.17. The highest BCUT2D eigenvalue weighted by atomic mass is 19.1. The van der Waals surface area contributed by atoms with Crippen LogP contribution in [0.1, 0.15) is 18.0 Å². The lowest BCUT2D eigenvalue weighted by molar-refractivity contribution is 0.193. The number of aromatic nitrogens is 1. The van der Waals surface area contributed by atoms with Crippen molar-refractivity contribution in [3.63, 3.8) is 0 Å². The van der Waals surface area contributed by atoms with Crippen LogP contribution in [-0.4, -0.2) is 22.8 Å². The number of nitrogens with one attached hydrogen (secondary N) is 1. The zero-order valence-electron chi connectivity index (χ0n) is 7.07. The van der Waals surface area contributed by atoms with Gasteiger partial charge in [-0.15, -0.1) is 0 Å². The second-order valence-electron chi connectivity index (χ2n) is 3.09. The highest BCUT2D eigenvalue weighted by Gasteiger charge is 2.26. The molecule has 1 aliphatic heterocycles. The molecule has 0 spiro atoms. The van der Waals surface area contributed by atoms with Crippen LogP contribution in [0.25, 0.3) is 0 Å². The molecule has 1 aromatic heterocycles. The molecular weight excluding hydrogens is 169 g/mol. The lowest BCUT2D eigenvalue weighted by Crippen LogP contribution is -2.39. The van der Waals surface area contributed by atoms with Crippen molar-refractivity contribution < 1.29 is 4.39 Å². The summed E-state index contributed by atoms with van der Waals surface area (Å²) in [6, 6.07) is 3.31. The summed E-state index contributed by atoms with van der Waals surface area (Å²) >= 11 is 0. The molecule has 1 atom stereocenters. The maximum atomic E-state index is 12.5. The number of nitrogens with zero attached hydrogens (tertiary/aromatic N) is 2. The van der Waals surface area contributed by atoms with E-state index in [1.807, 2.05) is 4.90 Å². The van der Waals surface area contributed by atoms with Crippen molar-refractivity contribution >= 4 is 6.34 Å². The summed E-state index contributed by atoms with van der Waals surface area (Å²) in [5.41, 5.74) is 0.983. The molecule has 2 rings (SSSR count). The molecule has 0 aliphatic carbocycles. The molecule has 2 heterocycles. The molecule has 3 nitrogen and oxygen atoms in total. The first-order chi connectivity index (χ1) is 6.31. The van der Waals surface area contributed by atoms with Crippen molar-refractivity contribution in [3.05, 3.63) is 29.8 Å². The van der Waals surface area contributed by atoms with E-state index in [4.69, 9.17) is 5.41 Å². The molecule has 0 amide bonds. The molecular formula is C9H10FN3. The minimum atomic E-state index is -0.454. The van der Waals surface area contributed by atoms with Gasteiger partial charge in [-0.3, -0.25) is 5.41 Å². The van der Waals surface area contributed by atoms with Gasteiger partial charge in [0.2, 0.25) is 5.95 Å². The Labute approximate surface area is 75.7 Å². The van der Waals surface area contributed by atoms with Crippen LogP contribution in [0.2, 0.25) is 0 Å². The Kier molecular flexibility index (Phi) is 1.96. The number of hydrogen-bond acceptors (Lipinski definition) is 2. The second kappa shape index (κ2) is 3.12. The minimum absolute atomic E-state index is 0.227. The van der Waals surface area contributed by atoms with E-state index in [0.717, 1.165) is 18.5 Å². The van der Waals surface area contributed by atoms with Gasteiger partial charge in [0, 0.05) is 12.7 Å². The zero-order chi connectivity index (χ0) is 9.26. The van der Waals surface area contributed by atoms with Gasteiger partial charge in [0.1, 0.15) is 0 Å². The number of likely N-dealkylation sites (tertiary alicyclic amines) is 1. The van der Waals surface area contributed by atoms with E-state index in [0.29, 0.717) is 0 Å². The van der Waals surface area contributed by atoms with E-state index in [1.54, 1.807) is 6.07 Å². The quantitative estimate of drug-likeness (QED) is 0.425. The Morgan fingerprint density at radius 2 is 2.46 bits per heavy atom. The topological polar surface area (TPSA) is 40.0 Å². The maximum Gasteiger partial charge on any atom is 0.212 e. The van der Waals surface area contributed by atoms with Crippen molar-refractivity contribution in [1.29, 1.82) is 5.41 Å².